The average molecular weight is 866 g/mol. The van der Waals surface area contributed by atoms with Crippen LogP contribution in [0.5, 0.6) is 0 Å². The van der Waals surface area contributed by atoms with Gasteiger partial charge in [0.1, 0.15) is 0 Å². The molecule has 5 heteroatoms. The maximum Gasteiger partial charge on any atom is 0.164 e. The van der Waals surface area contributed by atoms with Crippen molar-refractivity contribution in [1.29, 1.82) is 0 Å². The third kappa shape index (κ3) is 6.31. The smallest absolute Gasteiger partial charge is 0.164 e. The lowest BCUT2D eigenvalue weighted by atomic mass is 9.99. The molecule has 0 aliphatic heterocycles. The number of nitrogens with zero attached hydrogens (tertiary/aromatic N) is 5. The molecule has 0 unspecified atom stereocenters. The average Bonchev–Trinajstić information content (AvgIpc) is 3.94. The molecule has 0 atom stereocenters. The van der Waals surface area contributed by atoms with E-state index < -0.39 is 0 Å². The van der Waals surface area contributed by atoms with Gasteiger partial charge in [-0.2, -0.15) is 0 Å². The molecular weight excluding hydrogens is 827 g/mol. The Morgan fingerprint density at radius 1 is 0.338 bits per heavy atom. The van der Waals surface area contributed by atoms with Crippen LogP contribution in [0.2, 0.25) is 0 Å². The molecule has 0 saturated heterocycles. The Bertz CT molecular complexity index is 4130. The number of benzene rings is 10. The summed E-state index contributed by atoms with van der Waals surface area (Å²) in [7, 11) is 0. The first kappa shape index (κ1) is 39.0. The van der Waals surface area contributed by atoms with Crippen LogP contribution in [0.1, 0.15) is 5.56 Å². The first-order valence-electron chi connectivity index (χ1n) is 22.8. The van der Waals surface area contributed by atoms with Crippen LogP contribution in [0.3, 0.4) is 0 Å². The van der Waals surface area contributed by atoms with Crippen LogP contribution in [0, 0.1) is 12.3 Å². The van der Waals surface area contributed by atoms with E-state index in [1.165, 1.54) is 16.2 Å². The molecular formula is C63H39N5. The molecule has 0 spiro atoms. The van der Waals surface area contributed by atoms with E-state index in [1.54, 1.807) is 0 Å². The molecule has 0 saturated carbocycles. The van der Waals surface area contributed by atoms with Crippen LogP contribution in [0.25, 0.3) is 122 Å². The van der Waals surface area contributed by atoms with Crippen molar-refractivity contribution in [2.45, 2.75) is 0 Å². The molecule has 0 bridgehead atoms. The maximum atomic E-state index is 6.60. The molecule has 3 aromatic heterocycles. The Hall–Kier alpha value is -9.37. The monoisotopic (exact) mass is 865 g/mol. The number of terminal acetylenes is 1. The van der Waals surface area contributed by atoms with E-state index in [1.807, 2.05) is 18.2 Å². The highest BCUT2D eigenvalue weighted by Gasteiger charge is 2.23. The molecule has 0 radical (unpaired) electrons. The van der Waals surface area contributed by atoms with E-state index in [0.717, 1.165) is 94.1 Å². The predicted molar refractivity (Wildman–Crippen MR) is 281 cm³/mol. The summed E-state index contributed by atoms with van der Waals surface area (Å²) in [4.78, 5) is 15.6. The summed E-state index contributed by atoms with van der Waals surface area (Å²) < 4.78 is 4.78. The highest BCUT2D eigenvalue weighted by atomic mass is 15.0. The molecule has 0 amide bonds. The first-order valence-corrected chi connectivity index (χ1v) is 22.8. The van der Waals surface area contributed by atoms with Crippen molar-refractivity contribution < 1.29 is 0 Å². The van der Waals surface area contributed by atoms with Gasteiger partial charge in [0.15, 0.2) is 17.5 Å². The second kappa shape index (κ2) is 16.0. The van der Waals surface area contributed by atoms with Gasteiger partial charge in [0, 0.05) is 49.2 Å². The minimum absolute atomic E-state index is 0.533. The van der Waals surface area contributed by atoms with E-state index in [4.69, 9.17) is 21.4 Å². The fraction of sp³-hybridized carbons (Fsp3) is 0. The lowest BCUT2D eigenvalue weighted by Gasteiger charge is -2.15. The quantitative estimate of drug-likeness (QED) is 0.150. The summed E-state index contributed by atoms with van der Waals surface area (Å²) in [6.45, 7) is 0. The van der Waals surface area contributed by atoms with Crippen LogP contribution in [-0.4, -0.2) is 24.1 Å². The molecule has 316 valence electrons. The van der Waals surface area contributed by atoms with Crippen LogP contribution in [0.4, 0.5) is 0 Å². The van der Waals surface area contributed by atoms with Crippen molar-refractivity contribution in [2.75, 3.05) is 0 Å². The highest BCUT2D eigenvalue weighted by Crippen LogP contribution is 2.44. The van der Waals surface area contributed by atoms with Gasteiger partial charge in [-0.15, -0.1) is 6.42 Å². The minimum atomic E-state index is 0.533. The molecule has 0 fully saturated rings. The molecule has 3 heterocycles. The summed E-state index contributed by atoms with van der Waals surface area (Å²) in [6.07, 6.45) is 6.60. The Balaban J connectivity index is 1.02. The number of hydrogen-bond acceptors (Lipinski definition) is 3. The van der Waals surface area contributed by atoms with Gasteiger partial charge in [-0.25, -0.2) is 15.0 Å². The van der Waals surface area contributed by atoms with E-state index in [2.05, 4.69) is 227 Å². The Labute approximate surface area is 392 Å². The summed E-state index contributed by atoms with van der Waals surface area (Å²) in [6, 6.07) is 80.8. The topological polar surface area (TPSA) is 48.5 Å². The molecule has 13 rings (SSSR count). The second-order valence-corrected chi connectivity index (χ2v) is 17.1. The van der Waals surface area contributed by atoms with Gasteiger partial charge in [-0.1, -0.05) is 194 Å². The second-order valence-electron chi connectivity index (χ2n) is 17.1. The Morgan fingerprint density at radius 2 is 0.897 bits per heavy atom. The van der Waals surface area contributed by atoms with Crippen molar-refractivity contribution in [1.82, 2.24) is 24.1 Å². The lowest BCUT2D eigenvalue weighted by Crippen LogP contribution is -2.03. The van der Waals surface area contributed by atoms with Crippen LogP contribution in [-0.2, 0) is 0 Å². The van der Waals surface area contributed by atoms with Gasteiger partial charge in [0.25, 0.3) is 0 Å². The third-order valence-electron chi connectivity index (χ3n) is 13.3. The van der Waals surface area contributed by atoms with Gasteiger partial charge in [0.05, 0.1) is 33.4 Å². The van der Waals surface area contributed by atoms with Crippen molar-refractivity contribution in [3.05, 3.63) is 236 Å². The minimum Gasteiger partial charge on any atom is -0.309 e. The van der Waals surface area contributed by atoms with Gasteiger partial charge >= 0.3 is 0 Å². The summed E-state index contributed by atoms with van der Waals surface area (Å²) in [5.41, 5.74) is 14.2. The van der Waals surface area contributed by atoms with E-state index in [-0.39, 0.29) is 0 Å². The Morgan fingerprint density at radius 3 is 1.66 bits per heavy atom. The molecule has 13 aromatic rings. The summed E-state index contributed by atoms with van der Waals surface area (Å²) in [5.74, 6) is 4.79. The number of fused-ring (bicyclic) bond motifs is 8. The van der Waals surface area contributed by atoms with E-state index in [0.29, 0.717) is 17.5 Å². The molecule has 0 aliphatic carbocycles. The van der Waals surface area contributed by atoms with Gasteiger partial charge < -0.3 is 9.13 Å². The van der Waals surface area contributed by atoms with Gasteiger partial charge in [0.2, 0.25) is 0 Å². The normalized spacial score (nSPS) is 11.5. The number of hydrogen-bond donors (Lipinski definition) is 0. The van der Waals surface area contributed by atoms with E-state index >= 15 is 0 Å². The van der Waals surface area contributed by atoms with Gasteiger partial charge in [-0.3, -0.25) is 0 Å². The van der Waals surface area contributed by atoms with Crippen molar-refractivity contribution in [3.63, 3.8) is 0 Å². The fourth-order valence-corrected chi connectivity index (χ4v) is 10.2. The fourth-order valence-electron chi connectivity index (χ4n) is 10.2. The zero-order valence-corrected chi connectivity index (χ0v) is 36.8. The molecule has 5 nitrogen and oxygen atoms in total. The molecule has 68 heavy (non-hydrogen) atoms. The number of aromatic nitrogens is 5. The van der Waals surface area contributed by atoms with Gasteiger partial charge in [-0.05, 0) is 70.1 Å². The third-order valence-corrected chi connectivity index (χ3v) is 13.3. The van der Waals surface area contributed by atoms with Crippen molar-refractivity contribution >= 4 is 54.4 Å². The largest absolute Gasteiger partial charge is 0.309 e. The van der Waals surface area contributed by atoms with Crippen LogP contribution < -0.4 is 0 Å². The van der Waals surface area contributed by atoms with Crippen molar-refractivity contribution in [2.24, 2.45) is 0 Å². The predicted octanol–water partition coefficient (Wildman–Crippen LogP) is 15.5. The molecule has 0 aliphatic rings. The van der Waals surface area contributed by atoms with Crippen LogP contribution >= 0.6 is 0 Å². The molecule has 0 N–H and O–H groups in total. The molecule has 10 aromatic carbocycles. The zero-order chi connectivity index (χ0) is 45.1. The zero-order valence-electron chi connectivity index (χ0n) is 36.8. The lowest BCUT2D eigenvalue weighted by molar-refractivity contribution is 1.07. The summed E-state index contributed by atoms with van der Waals surface area (Å²) in [5, 5.41) is 7.03. The number of rotatable bonds is 7. The van der Waals surface area contributed by atoms with Crippen LogP contribution in [0.15, 0.2) is 231 Å². The first-order chi connectivity index (χ1) is 33.7. The Kier molecular flexibility index (Phi) is 9.16. The number of para-hydroxylation sites is 2. The summed E-state index contributed by atoms with van der Waals surface area (Å²) >= 11 is 0. The highest BCUT2D eigenvalue weighted by molar-refractivity contribution is 6.26. The standard InChI is InChI=1S/C63H39N5/c1-2-41-40-47(62-64-61(46-34-32-43(33-35-46)42-18-5-3-6-19-42)65-63(66-62)52-27-12-11-24-48(52)44-20-7-4-8-21-44)36-38-54(41)68-56-29-15-13-26-50(56)51-37-39-58-59(60(51)68)53-28-14-16-30-57(53)67(58)55-31-17-23-45-22-9-10-25-49(45)55/h1,3-40H. The van der Waals surface area contributed by atoms with E-state index in [9.17, 15) is 0 Å². The maximum absolute atomic E-state index is 6.60. The van der Waals surface area contributed by atoms with Crippen molar-refractivity contribution in [3.8, 4) is 80.1 Å². The SMILES string of the molecule is C#Cc1cc(-c2nc(-c3ccc(-c4ccccc4)cc3)nc(-c3ccccc3-c3ccccc3)n2)ccc1-n1c2ccccc2c2ccc3c(c4ccccc4n3-c3cccc4ccccc34)c21.